The summed E-state index contributed by atoms with van der Waals surface area (Å²) in [5.74, 6) is -1.38. The largest absolute Gasteiger partial charge is 0.457 e. The van der Waals surface area contributed by atoms with E-state index in [0.717, 1.165) is 6.42 Å². The first-order valence-corrected chi connectivity index (χ1v) is 18.5. The van der Waals surface area contributed by atoms with E-state index in [1.165, 1.54) is 12.1 Å². The number of nitrogens with one attached hydrogen (secondary N) is 1. The molecule has 0 unspecified atom stereocenters. The van der Waals surface area contributed by atoms with Crippen molar-refractivity contribution in [3.05, 3.63) is 142 Å². The standard InChI is InChI=1S/C41H44FN3O5S/c1-7-22-45-35(25-28-20-21-32(34(42)24-28)33-18-11-12-19-36(33)51(48,49)44-41(4,5)6)37(38(43-45)27(2)3)40(47)50-26-29-14-13-17-31(23-29)39(46)30-15-9-8-10-16-30/h8-21,23-24,27,44H,7,22,25-26H2,1-6H3. The van der Waals surface area contributed by atoms with Gasteiger partial charge in [-0.05, 0) is 62.4 Å². The van der Waals surface area contributed by atoms with Gasteiger partial charge in [0.15, 0.2) is 5.78 Å². The molecular formula is C41H44FN3O5S. The minimum Gasteiger partial charge on any atom is -0.457 e. The van der Waals surface area contributed by atoms with Crippen molar-refractivity contribution in [2.45, 2.75) is 83.9 Å². The molecule has 0 aliphatic rings. The van der Waals surface area contributed by atoms with Crippen molar-refractivity contribution in [2.75, 3.05) is 0 Å². The van der Waals surface area contributed by atoms with Gasteiger partial charge in [-0.2, -0.15) is 5.10 Å². The maximum absolute atomic E-state index is 15.9. The van der Waals surface area contributed by atoms with Crippen LogP contribution in [0.25, 0.3) is 11.1 Å². The summed E-state index contributed by atoms with van der Waals surface area (Å²) < 4.78 is 52.8. The fraction of sp³-hybridized carbons (Fsp3) is 0.293. The lowest BCUT2D eigenvalue weighted by Gasteiger charge is -2.21. The Labute approximate surface area is 299 Å². The van der Waals surface area contributed by atoms with Crippen molar-refractivity contribution in [2.24, 2.45) is 0 Å². The summed E-state index contributed by atoms with van der Waals surface area (Å²) in [4.78, 5) is 26.9. The zero-order valence-corrected chi connectivity index (χ0v) is 30.7. The number of carbonyl (C=O) groups is 2. The zero-order chi connectivity index (χ0) is 36.9. The number of benzene rings is 4. The molecule has 4 aromatic carbocycles. The Bertz CT molecular complexity index is 2150. The van der Waals surface area contributed by atoms with Crippen LogP contribution in [0.1, 0.15) is 103 Å². The predicted molar refractivity (Wildman–Crippen MR) is 197 cm³/mol. The molecule has 5 rings (SSSR count). The number of rotatable bonds is 13. The lowest BCUT2D eigenvalue weighted by atomic mass is 9.98. The molecule has 1 heterocycles. The van der Waals surface area contributed by atoms with Gasteiger partial charge in [0.05, 0.1) is 16.3 Å². The number of esters is 1. The quantitative estimate of drug-likeness (QED) is 0.0971. The summed E-state index contributed by atoms with van der Waals surface area (Å²) in [6.07, 6.45) is 0.942. The average Bonchev–Trinajstić information content (AvgIpc) is 3.44. The molecule has 1 aromatic heterocycles. The normalized spacial score (nSPS) is 11.9. The SMILES string of the molecule is CCCn1nc(C(C)C)c(C(=O)OCc2cccc(C(=O)c3ccccc3)c2)c1Cc1ccc(-c2ccccc2S(=O)(=O)NC(C)(C)C)c(F)c1. The Morgan fingerprint density at radius 3 is 2.22 bits per heavy atom. The van der Waals surface area contributed by atoms with E-state index in [0.29, 0.717) is 45.7 Å². The van der Waals surface area contributed by atoms with Gasteiger partial charge in [-0.3, -0.25) is 9.48 Å². The van der Waals surface area contributed by atoms with Crippen molar-refractivity contribution >= 4 is 21.8 Å². The third-order valence-electron chi connectivity index (χ3n) is 8.18. The van der Waals surface area contributed by atoms with Gasteiger partial charge in [0.1, 0.15) is 18.0 Å². The maximum atomic E-state index is 15.9. The number of sulfonamides is 1. The third-order valence-corrected chi connectivity index (χ3v) is 9.99. The van der Waals surface area contributed by atoms with Crippen molar-refractivity contribution < 1.29 is 27.1 Å². The number of ether oxygens (including phenoxy) is 1. The van der Waals surface area contributed by atoms with Crippen LogP contribution in [0.4, 0.5) is 4.39 Å². The second-order valence-electron chi connectivity index (χ2n) is 13.9. The predicted octanol–water partition coefficient (Wildman–Crippen LogP) is 8.48. The van der Waals surface area contributed by atoms with E-state index in [9.17, 15) is 18.0 Å². The van der Waals surface area contributed by atoms with Gasteiger partial charge in [-0.15, -0.1) is 0 Å². The van der Waals surface area contributed by atoms with Crippen molar-refractivity contribution in [1.82, 2.24) is 14.5 Å². The van der Waals surface area contributed by atoms with Crippen molar-refractivity contribution in [3.63, 3.8) is 0 Å². The Morgan fingerprint density at radius 1 is 0.863 bits per heavy atom. The number of aromatic nitrogens is 2. The number of carbonyl (C=O) groups excluding carboxylic acids is 2. The number of ketones is 1. The van der Waals surface area contributed by atoms with E-state index in [1.54, 1.807) is 92.2 Å². The molecule has 8 nitrogen and oxygen atoms in total. The summed E-state index contributed by atoms with van der Waals surface area (Å²) in [6.45, 7) is 11.6. The molecule has 0 atom stereocenters. The van der Waals surface area contributed by atoms with Crippen LogP contribution in [-0.4, -0.2) is 35.5 Å². The topological polar surface area (TPSA) is 107 Å². The van der Waals surface area contributed by atoms with Crippen LogP contribution in [0.5, 0.6) is 0 Å². The van der Waals surface area contributed by atoms with Crippen LogP contribution in [0.2, 0.25) is 0 Å². The van der Waals surface area contributed by atoms with E-state index < -0.39 is 27.3 Å². The maximum Gasteiger partial charge on any atom is 0.342 e. The highest BCUT2D eigenvalue weighted by atomic mass is 32.2. The Hall–Kier alpha value is -4.93. The summed E-state index contributed by atoms with van der Waals surface area (Å²) in [6, 6.07) is 27.0. The third kappa shape index (κ3) is 8.87. The monoisotopic (exact) mass is 709 g/mol. The van der Waals surface area contributed by atoms with Gasteiger partial charge in [0.2, 0.25) is 10.0 Å². The molecule has 5 aromatic rings. The molecule has 0 aliphatic carbocycles. The number of hydrogen-bond donors (Lipinski definition) is 1. The molecule has 1 N–H and O–H groups in total. The lowest BCUT2D eigenvalue weighted by Crippen LogP contribution is -2.40. The number of nitrogens with zero attached hydrogens (tertiary/aromatic N) is 2. The van der Waals surface area contributed by atoms with Crippen molar-refractivity contribution in [3.8, 4) is 11.1 Å². The molecule has 51 heavy (non-hydrogen) atoms. The van der Waals surface area contributed by atoms with Gasteiger partial charge in [-0.25, -0.2) is 22.3 Å². The second kappa shape index (κ2) is 15.5. The van der Waals surface area contributed by atoms with Crippen LogP contribution >= 0.6 is 0 Å². The molecule has 266 valence electrons. The first-order chi connectivity index (χ1) is 24.2. The molecule has 0 fully saturated rings. The number of hydrogen-bond acceptors (Lipinski definition) is 6. The molecule has 0 saturated carbocycles. The number of halogens is 1. The molecule has 0 radical (unpaired) electrons. The van der Waals surface area contributed by atoms with Crippen LogP contribution < -0.4 is 4.72 Å². The molecule has 0 aliphatic heterocycles. The van der Waals surface area contributed by atoms with E-state index in [4.69, 9.17) is 9.84 Å². The fourth-order valence-electron chi connectivity index (χ4n) is 5.96. The van der Waals surface area contributed by atoms with Gasteiger partial charge in [0.25, 0.3) is 0 Å². The van der Waals surface area contributed by atoms with E-state index >= 15 is 4.39 Å². The first-order valence-electron chi connectivity index (χ1n) is 17.1. The smallest absolute Gasteiger partial charge is 0.342 e. The van der Waals surface area contributed by atoms with E-state index in [2.05, 4.69) is 4.72 Å². The summed E-state index contributed by atoms with van der Waals surface area (Å²) >= 11 is 0. The van der Waals surface area contributed by atoms with Crippen LogP contribution in [0.3, 0.4) is 0 Å². The second-order valence-corrected chi connectivity index (χ2v) is 15.5. The molecular weight excluding hydrogens is 666 g/mol. The van der Waals surface area contributed by atoms with Gasteiger partial charge in [-0.1, -0.05) is 99.6 Å². The molecule has 10 heteroatoms. The molecule has 0 amide bonds. The van der Waals surface area contributed by atoms with Crippen LogP contribution in [0, 0.1) is 5.82 Å². The highest BCUT2D eigenvalue weighted by Gasteiger charge is 2.28. The minimum absolute atomic E-state index is 0.0193. The Kier molecular flexibility index (Phi) is 11.4. The first kappa shape index (κ1) is 37.3. The Balaban J connectivity index is 1.44. The van der Waals surface area contributed by atoms with E-state index in [-0.39, 0.29) is 40.8 Å². The van der Waals surface area contributed by atoms with Gasteiger partial charge in [0, 0.05) is 40.8 Å². The van der Waals surface area contributed by atoms with Crippen molar-refractivity contribution in [1.29, 1.82) is 0 Å². The zero-order valence-electron chi connectivity index (χ0n) is 29.9. The average molecular weight is 710 g/mol. The minimum atomic E-state index is -3.95. The summed E-state index contributed by atoms with van der Waals surface area (Å²) in [5.41, 5.74) is 3.49. The highest BCUT2D eigenvalue weighted by Crippen LogP contribution is 2.32. The van der Waals surface area contributed by atoms with Crippen LogP contribution in [0.15, 0.2) is 102 Å². The summed E-state index contributed by atoms with van der Waals surface area (Å²) in [7, 11) is -3.95. The molecule has 0 bridgehead atoms. The van der Waals surface area contributed by atoms with Gasteiger partial charge >= 0.3 is 5.97 Å². The van der Waals surface area contributed by atoms with Crippen LogP contribution in [-0.2, 0) is 34.3 Å². The Morgan fingerprint density at radius 2 is 1.55 bits per heavy atom. The summed E-state index contributed by atoms with van der Waals surface area (Å²) in [5, 5.41) is 4.80. The highest BCUT2D eigenvalue weighted by molar-refractivity contribution is 7.89. The lowest BCUT2D eigenvalue weighted by molar-refractivity contribution is 0.0469. The van der Waals surface area contributed by atoms with E-state index in [1.807, 2.05) is 39.0 Å². The molecule has 0 saturated heterocycles. The number of aryl methyl sites for hydroxylation is 1. The fourth-order valence-corrected chi connectivity index (χ4v) is 7.60. The van der Waals surface area contributed by atoms with Gasteiger partial charge < -0.3 is 4.74 Å². The molecule has 0 spiro atoms.